The van der Waals surface area contributed by atoms with Crippen LogP contribution >= 0.6 is 0 Å². The number of hydrogen-bond donors (Lipinski definition) is 1. The Hall–Kier alpha value is -2.24. The molecule has 1 N–H and O–H groups in total. The van der Waals surface area contributed by atoms with Crippen molar-refractivity contribution in [1.82, 2.24) is 5.32 Å². The third kappa shape index (κ3) is 5.15. The second kappa shape index (κ2) is 9.15. The first kappa shape index (κ1) is 18.1. The highest BCUT2D eigenvalue weighted by atomic mass is 16.6. The molecule has 1 aromatic rings. The predicted octanol–water partition coefficient (Wildman–Crippen LogP) is 2.75. The van der Waals surface area contributed by atoms with Crippen LogP contribution in [0.3, 0.4) is 0 Å². The number of benzene rings is 1. The molecule has 6 nitrogen and oxygen atoms in total. The maximum Gasteiger partial charge on any atom is 0.261 e. The molecule has 0 saturated heterocycles. The number of nitrogens with one attached hydrogen (secondary N) is 1. The number of oxime groups is 1. The lowest BCUT2D eigenvalue weighted by Crippen LogP contribution is -2.42. The smallest absolute Gasteiger partial charge is 0.261 e. The van der Waals surface area contributed by atoms with E-state index in [4.69, 9.17) is 14.3 Å². The van der Waals surface area contributed by atoms with Crippen LogP contribution in [0.25, 0.3) is 0 Å². The van der Waals surface area contributed by atoms with E-state index in [9.17, 15) is 4.79 Å². The van der Waals surface area contributed by atoms with Crippen LogP contribution in [-0.4, -0.2) is 39.0 Å². The summed E-state index contributed by atoms with van der Waals surface area (Å²) in [4.78, 5) is 17.0. The van der Waals surface area contributed by atoms with Gasteiger partial charge in [0.25, 0.3) is 5.91 Å². The average Bonchev–Trinajstić information content (AvgIpc) is 2.60. The Kier molecular flexibility index (Phi) is 6.90. The molecule has 1 aromatic carbocycles. The minimum Gasteiger partial charge on any atom is -0.493 e. The summed E-state index contributed by atoms with van der Waals surface area (Å²) in [6.07, 6.45) is 6.18. The highest BCUT2D eigenvalue weighted by Gasteiger charge is 2.22. The van der Waals surface area contributed by atoms with Crippen molar-refractivity contribution < 1.29 is 19.1 Å². The molecule has 0 aliphatic heterocycles. The fourth-order valence-corrected chi connectivity index (χ4v) is 2.91. The van der Waals surface area contributed by atoms with E-state index < -0.39 is 0 Å². The molecule has 1 fully saturated rings. The number of hydrogen-bond acceptors (Lipinski definition) is 5. The molecule has 2 rings (SSSR count). The Morgan fingerprint density at radius 2 is 2.00 bits per heavy atom. The molecule has 0 unspecified atom stereocenters. The normalized spacial score (nSPS) is 20.6. The maximum atomic E-state index is 11.9. The Balaban J connectivity index is 1.78. The van der Waals surface area contributed by atoms with Crippen LogP contribution in [0.15, 0.2) is 23.4 Å². The zero-order chi connectivity index (χ0) is 17.4. The first-order valence-corrected chi connectivity index (χ1v) is 8.30. The van der Waals surface area contributed by atoms with E-state index >= 15 is 0 Å². The van der Waals surface area contributed by atoms with E-state index in [-0.39, 0.29) is 18.6 Å². The molecule has 0 aromatic heterocycles. The molecule has 2 atom stereocenters. The number of nitrogens with zero attached hydrogens (tertiary/aromatic N) is 1. The number of carbonyl (C=O) groups is 1. The molecule has 6 heteroatoms. The number of carbonyl (C=O) groups excluding carboxylic acids is 1. The Morgan fingerprint density at radius 3 is 2.71 bits per heavy atom. The Bertz CT molecular complexity index is 574. The molecule has 0 bridgehead atoms. The van der Waals surface area contributed by atoms with Gasteiger partial charge in [0.15, 0.2) is 18.1 Å². The number of rotatable bonds is 7. The topological polar surface area (TPSA) is 69.2 Å². The summed E-state index contributed by atoms with van der Waals surface area (Å²) in [5, 5.41) is 6.87. The summed E-state index contributed by atoms with van der Waals surface area (Å²) in [7, 11) is 3.16. The second-order valence-corrected chi connectivity index (χ2v) is 6.06. The lowest BCUT2D eigenvalue weighted by atomic mass is 9.86. The van der Waals surface area contributed by atoms with Crippen molar-refractivity contribution >= 4 is 12.1 Å². The number of ether oxygens (including phenoxy) is 2. The molecule has 1 amide bonds. The summed E-state index contributed by atoms with van der Waals surface area (Å²) in [6.45, 7) is 2.10. The van der Waals surface area contributed by atoms with E-state index in [1.807, 2.05) is 6.07 Å². The van der Waals surface area contributed by atoms with Crippen LogP contribution in [0.4, 0.5) is 0 Å². The van der Waals surface area contributed by atoms with Gasteiger partial charge in [-0.2, -0.15) is 0 Å². The molecule has 1 aliphatic carbocycles. The number of amides is 1. The highest BCUT2D eigenvalue weighted by molar-refractivity contribution is 5.81. The summed E-state index contributed by atoms with van der Waals surface area (Å²) in [6, 6.07) is 5.66. The van der Waals surface area contributed by atoms with Gasteiger partial charge < -0.3 is 19.6 Å². The van der Waals surface area contributed by atoms with Crippen molar-refractivity contribution in [2.24, 2.45) is 11.1 Å². The van der Waals surface area contributed by atoms with Gasteiger partial charge in [-0.05, 0) is 37.0 Å². The summed E-state index contributed by atoms with van der Waals surface area (Å²) in [5.41, 5.74) is 0.800. The number of methoxy groups -OCH3 is 2. The molecule has 24 heavy (non-hydrogen) atoms. The predicted molar refractivity (Wildman–Crippen MR) is 92.7 cm³/mol. The van der Waals surface area contributed by atoms with Gasteiger partial charge in [0, 0.05) is 11.6 Å². The van der Waals surface area contributed by atoms with E-state index in [0.717, 1.165) is 12.0 Å². The molecule has 0 heterocycles. The van der Waals surface area contributed by atoms with E-state index in [2.05, 4.69) is 17.4 Å². The SMILES string of the molecule is COc1ccc(/C=N\OCC(=O)N[C@@H]2CCCC[C@H]2C)cc1OC. The van der Waals surface area contributed by atoms with Crippen molar-refractivity contribution in [3.05, 3.63) is 23.8 Å². The first-order valence-electron chi connectivity index (χ1n) is 8.30. The van der Waals surface area contributed by atoms with Crippen molar-refractivity contribution in [2.75, 3.05) is 20.8 Å². The van der Waals surface area contributed by atoms with Crippen LogP contribution in [0.1, 0.15) is 38.2 Å². The van der Waals surface area contributed by atoms with Gasteiger partial charge in [-0.3, -0.25) is 4.79 Å². The second-order valence-electron chi connectivity index (χ2n) is 6.06. The molecular weight excluding hydrogens is 308 g/mol. The van der Waals surface area contributed by atoms with Crippen molar-refractivity contribution in [3.8, 4) is 11.5 Å². The largest absolute Gasteiger partial charge is 0.493 e. The highest BCUT2D eigenvalue weighted by Crippen LogP contribution is 2.27. The minimum absolute atomic E-state index is 0.0764. The van der Waals surface area contributed by atoms with Crippen LogP contribution in [0.5, 0.6) is 11.5 Å². The minimum atomic E-state index is -0.127. The lowest BCUT2D eigenvalue weighted by molar-refractivity contribution is -0.126. The summed E-state index contributed by atoms with van der Waals surface area (Å²) >= 11 is 0. The van der Waals surface area contributed by atoms with Crippen molar-refractivity contribution in [2.45, 2.75) is 38.6 Å². The van der Waals surface area contributed by atoms with Crippen LogP contribution < -0.4 is 14.8 Å². The molecule has 0 radical (unpaired) electrons. The Labute approximate surface area is 143 Å². The fourth-order valence-electron chi connectivity index (χ4n) is 2.91. The van der Waals surface area contributed by atoms with Crippen molar-refractivity contribution in [3.63, 3.8) is 0 Å². The van der Waals surface area contributed by atoms with Crippen LogP contribution in [0.2, 0.25) is 0 Å². The lowest BCUT2D eigenvalue weighted by Gasteiger charge is -2.29. The van der Waals surface area contributed by atoms with Gasteiger partial charge in [-0.25, -0.2) is 0 Å². The van der Waals surface area contributed by atoms with Gasteiger partial charge in [0.05, 0.1) is 20.4 Å². The van der Waals surface area contributed by atoms with E-state index in [1.165, 1.54) is 19.3 Å². The van der Waals surface area contributed by atoms with Gasteiger partial charge in [0.2, 0.25) is 0 Å². The zero-order valence-corrected chi connectivity index (χ0v) is 14.6. The van der Waals surface area contributed by atoms with Crippen molar-refractivity contribution in [1.29, 1.82) is 0 Å². The summed E-state index contributed by atoms with van der Waals surface area (Å²) in [5.74, 6) is 1.67. The standard InChI is InChI=1S/C18H26N2O4/c1-13-6-4-5-7-15(13)20-18(21)12-24-19-11-14-8-9-16(22-2)17(10-14)23-3/h8-11,13,15H,4-7,12H2,1-3H3,(H,20,21)/b19-11-/t13-,15-/m1/s1. The van der Waals surface area contributed by atoms with Gasteiger partial charge in [-0.15, -0.1) is 0 Å². The zero-order valence-electron chi connectivity index (χ0n) is 14.6. The maximum absolute atomic E-state index is 11.9. The molecule has 132 valence electrons. The molecule has 1 aliphatic rings. The third-order valence-electron chi connectivity index (χ3n) is 4.34. The fraction of sp³-hybridized carbons (Fsp3) is 0.556. The Morgan fingerprint density at radius 1 is 1.25 bits per heavy atom. The first-order chi connectivity index (χ1) is 11.6. The van der Waals surface area contributed by atoms with Gasteiger partial charge >= 0.3 is 0 Å². The van der Waals surface area contributed by atoms with Crippen LogP contribution in [-0.2, 0) is 9.63 Å². The monoisotopic (exact) mass is 334 g/mol. The van der Waals surface area contributed by atoms with E-state index in [0.29, 0.717) is 17.4 Å². The average molecular weight is 334 g/mol. The quantitative estimate of drug-likeness (QED) is 0.615. The molecule has 0 spiro atoms. The van der Waals surface area contributed by atoms with Gasteiger partial charge in [-0.1, -0.05) is 24.9 Å². The molecule has 1 saturated carbocycles. The third-order valence-corrected chi connectivity index (χ3v) is 4.34. The molecular formula is C18H26N2O4. The van der Waals surface area contributed by atoms with Crippen LogP contribution in [0, 0.1) is 5.92 Å². The summed E-state index contributed by atoms with van der Waals surface area (Å²) < 4.78 is 10.4. The van der Waals surface area contributed by atoms with E-state index in [1.54, 1.807) is 32.6 Å². The van der Waals surface area contributed by atoms with Gasteiger partial charge in [0.1, 0.15) is 0 Å².